The number of hydrogen-bond acceptors (Lipinski definition) is 3. The van der Waals surface area contributed by atoms with Crippen LogP contribution in [0.15, 0.2) is 48.5 Å². The van der Waals surface area contributed by atoms with Crippen LogP contribution in [0.2, 0.25) is 5.02 Å². The lowest BCUT2D eigenvalue weighted by atomic mass is 10.1. The molecule has 1 aliphatic rings. The smallest absolute Gasteiger partial charge is 0.225 e. The van der Waals surface area contributed by atoms with Crippen molar-refractivity contribution in [3.05, 3.63) is 59.1 Å². The van der Waals surface area contributed by atoms with E-state index in [0.29, 0.717) is 13.0 Å². The molecular weight excluding hydrogens is 358 g/mol. The van der Waals surface area contributed by atoms with E-state index in [0.717, 1.165) is 36.8 Å². The Morgan fingerprint density at radius 1 is 0.926 bits per heavy atom. The van der Waals surface area contributed by atoms with E-state index in [9.17, 15) is 4.79 Å². The summed E-state index contributed by atoms with van der Waals surface area (Å²) in [6.45, 7) is 3.78. The summed E-state index contributed by atoms with van der Waals surface area (Å²) in [5, 5.41) is 7.05. The Morgan fingerprint density at radius 3 is 2.33 bits per heavy atom. The van der Waals surface area contributed by atoms with Crippen molar-refractivity contribution in [1.29, 1.82) is 0 Å². The number of carbonyl (C=O) groups is 1. The van der Waals surface area contributed by atoms with Gasteiger partial charge in [-0.3, -0.25) is 4.79 Å². The van der Waals surface area contributed by atoms with Crippen LogP contribution in [0.3, 0.4) is 0 Å². The van der Waals surface area contributed by atoms with Gasteiger partial charge >= 0.3 is 0 Å². The lowest BCUT2D eigenvalue weighted by Gasteiger charge is -2.28. The fraction of sp³-hybridized carbons (Fsp3) is 0.409. The van der Waals surface area contributed by atoms with Crippen LogP contribution in [-0.2, 0) is 11.2 Å². The molecule has 1 fully saturated rings. The van der Waals surface area contributed by atoms with Gasteiger partial charge in [-0.05, 0) is 74.2 Å². The predicted octanol–water partition coefficient (Wildman–Crippen LogP) is 4.49. The van der Waals surface area contributed by atoms with Crippen LogP contribution in [0.5, 0.6) is 0 Å². The summed E-state index contributed by atoms with van der Waals surface area (Å²) < 4.78 is 0. The number of nitrogens with one attached hydrogen (secondary N) is 2. The summed E-state index contributed by atoms with van der Waals surface area (Å²) in [5.74, 6) is 0.0414. The van der Waals surface area contributed by atoms with Crippen molar-refractivity contribution < 1.29 is 4.79 Å². The number of piperidine rings is 1. The van der Waals surface area contributed by atoms with Gasteiger partial charge in [0.25, 0.3) is 0 Å². The average molecular weight is 386 g/mol. The molecule has 0 aromatic heterocycles. The number of anilines is 2. The zero-order chi connectivity index (χ0) is 18.9. The third-order valence-electron chi connectivity index (χ3n) is 4.90. The maximum absolute atomic E-state index is 12.1. The molecule has 5 heteroatoms. The minimum absolute atomic E-state index is 0.0414. The number of carbonyl (C=O) groups excluding carboxylic acids is 1. The Hall–Kier alpha value is -2.04. The highest BCUT2D eigenvalue weighted by atomic mass is 35.5. The molecule has 0 saturated carbocycles. The average Bonchev–Trinajstić information content (AvgIpc) is 2.70. The summed E-state index contributed by atoms with van der Waals surface area (Å²) in [4.78, 5) is 14.5. The summed E-state index contributed by atoms with van der Waals surface area (Å²) in [6, 6.07) is 16.1. The molecule has 0 radical (unpaired) electrons. The van der Waals surface area contributed by atoms with E-state index in [1.165, 1.54) is 30.5 Å². The van der Waals surface area contributed by atoms with Crippen LogP contribution in [0.4, 0.5) is 11.4 Å². The van der Waals surface area contributed by atoms with Crippen LogP contribution in [0.1, 0.15) is 31.2 Å². The van der Waals surface area contributed by atoms with Crippen LogP contribution in [-0.4, -0.2) is 32.1 Å². The van der Waals surface area contributed by atoms with Crippen molar-refractivity contribution in [2.45, 2.75) is 32.1 Å². The number of amides is 1. The van der Waals surface area contributed by atoms with Gasteiger partial charge in [-0.25, -0.2) is 0 Å². The van der Waals surface area contributed by atoms with E-state index < -0.39 is 0 Å². The van der Waals surface area contributed by atoms with Crippen LogP contribution in [0.25, 0.3) is 0 Å². The molecule has 2 aromatic rings. The highest BCUT2D eigenvalue weighted by Crippen LogP contribution is 2.21. The molecular formula is C22H28ClN3O. The van der Waals surface area contributed by atoms with Gasteiger partial charge in [0.2, 0.25) is 5.91 Å². The summed E-state index contributed by atoms with van der Waals surface area (Å²) in [7, 11) is 0. The van der Waals surface area contributed by atoms with Crippen molar-refractivity contribution in [3.8, 4) is 0 Å². The van der Waals surface area contributed by atoms with Gasteiger partial charge in [-0.15, -0.1) is 0 Å². The number of nitrogens with zero attached hydrogens (tertiary/aromatic N) is 1. The Labute approximate surface area is 166 Å². The summed E-state index contributed by atoms with van der Waals surface area (Å²) in [6.07, 6.45) is 5.26. The van der Waals surface area contributed by atoms with Gasteiger partial charge in [0, 0.05) is 42.5 Å². The van der Waals surface area contributed by atoms with Crippen molar-refractivity contribution in [1.82, 2.24) is 5.32 Å². The SMILES string of the molecule is O=C(CCNCCc1ccc(Cl)cc1)Nc1ccc(N2CCCCC2)cc1. The largest absolute Gasteiger partial charge is 0.372 e. The molecule has 0 bridgehead atoms. The van der Waals surface area contributed by atoms with Crippen LogP contribution < -0.4 is 15.5 Å². The second kappa shape index (κ2) is 10.3. The zero-order valence-corrected chi connectivity index (χ0v) is 16.5. The maximum Gasteiger partial charge on any atom is 0.225 e. The van der Waals surface area contributed by atoms with Crippen molar-refractivity contribution in [2.24, 2.45) is 0 Å². The molecule has 0 aliphatic carbocycles. The van der Waals surface area contributed by atoms with Crippen LogP contribution >= 0.6 is 11.6 Å². The Morgan fingerprint density at radius 2 is 1.63 bits per heavy atom. The third-order valence-corrected chi connectivity index (χ3v) is 5.16. The quantitative estimate of drug-likeness (QED) is 0.658. The molecule has 1 amide bonds. The van der Waals surface area contributed by atoms with Gasteiger partial charge in [-0.2, -0.15) is 0 Å². The topological polar surface area (TPSA) is 44.4 Å². The molecule has 1 aliphatic heterocycles. The molecule has 27 heavy (non-hydrogen) atoms. The predicted molar refractivity (Wildman–Crippen MR) is 114 cm³/mol. The van der Waals surface area contributed by atoms with Crippen LogP contribution in [0, 0.1) is 0 Å². The number of hydrogen-bond donors (Lipinski definition) is 2. The fourth-order valence-electron chi connectivity index (χ4n) is 3.34. The molecule has 0 spiro atoms. The zero-order valence-electron chi connectivity index (χ0n) is 15.7. The van der Waals surface area contributed by atoms with E-state index in [-0.39, 0.29) is 5.91 Å². The minimum Gasteiger partial charge on any atom is -0.372 e. The molecule has 3 rings (SSSR count). The molecule has 0 atom stereocenters. The second-order valence-electron chi connectivity index (χ2n) is 7.02. The van der Waals surface area contributed by atoms with E-state index in [2.05, 4.69) is 27.7 Å². The lowest BCUT2D eigenvalue weighted by Crippen LogP contribution is -2.29. The van der Waals surface area contributed by atoms with Crippen molar-refractivity contribution in [3.63, 3.8) is 0 Å². The Bertz CT molecular complexity index is 709. The first-order valence-electron chi connectivity index (χ1n) is 9.81. The van der Waals surface area contributed by atoms with Gasteiger partial charge in [-0.1, -0.05) is 23.7 Å². The normalized spacial score (nSPS) is 14.2. The molecule has 144 valence electrons. The molecule has 1 heterocycles. The fourth-order valence-corrected chi connectivity index (χ4v) is 3.47. The summed E-state index contributed by atoms with van der Waals surface area (Å²) in [5.41, 5.74) is 3.35. The Balaban J connectivity index is 1.33. The minimum atomic E-state index is 0.0414. The molecule has 4 nitrogen and oxygen atoms in total. The van der Waals surface area contributed by atoms with E-state index in [1.807, 2.05) is 36.4 Å². The monoisotopic (exact) mass is 385 g/mol. The number of rotatable bonds is 8. The highest BCUT2D eigenvalue weighted by Gasteiger charge is 2.10. The van der Waals surface area contributed by atoms with Crippen molar-refractivity contribution >= 4 is 28.9 Å². The number of halogens is 1. The molecule has 2 N–H and O–H groups in total. The third kappa shape index (κ3) is 6.56. The molecule has 2 aromatic carbocycles. The van der Waals surface area contributed by atoms with E-state index >= 15 is 0 Å². The van der Waals surface area contributed by atoms with Crippen molar-refractivity contribution in [2.75, 3.05) is 36.4 Å². The Kier molecular flexibility index (Phi) is 7.55. The maximum atomic E-state index is 12.1. The lowest BCUT2D eigenvalue weighted by molar-refractivity contribution is -0.116. The molecule has 1 saturated heterocycles. The van der Waals surface area contributed by atoms with E-state index in [1.54, 1.807) is 0 Å². The summed E-state index contributed by atoms with van der Waals surface area (Å²) >= 11 is 5.88. The van der Waals surface area contributed by atoms with Gasteiger partial charge in [0.05, 0.1) is 0 Å². The molecule has 0 unspecified atom stereocenters. The van der Waals surface area contributed by atoms with Gasteiger partial charge in [0.15, 0.2) is 0 Å². The van der Waals surface area contributed by atoms with Gasteiger partial charge in [0.1, 0.15) is 0 Å². The number of benzene rings is 2. The standard InChI is InChI=1S/C22H28ClN3O/c23-19-6-4-18(5-7-19)12-14-24-15-13-22(27)25-20-8-10-21(11-9-20)26-16-2-1-3-17-26/h4-11,24H,1-3,12-17H2,(H,25,27). The van der Waals surface area contributed by atoms with E-state index in [4.69, 9.17) is 11.6 Å². The second-order valence-corrected chi connectivity index (χ2v) is 7.46. The first-order chi connectivity index (χ1) is 13.2. The first kappa shape index (κ1) is 19.7. The highest BCUT2D eigenvalue weighted by molar-refractivity contribution is 6.30. The van der Waals surface area contributed by atoms with Gasteiger partial charge < -0.3 is 15.5 Å². The first-order valence-corrected chi connectivity index (χ1v) is 10.2.